The lowest BCUT2D eigenvalue weighted by atomic mass is 9.95. The Morgan fingerprint density at radius 2 is 1.67 bits per heavy atom. The zero-order valence-corrected chi connectivity index (χ0v) is 12.5. The Balaban J connectivity index is 2.53. The lowest BCUT2D eigenvalue weighted by Gasteiger charge is -2.17. The molecular formula is C15H13BrClF. The molecule has 0 saturated carbocycles. The molecule has 0 N–H and O–H groups in total. The van der Waals surface area contributed by atoms with Gasteiger partial charge in [-0.15, -0.1) is 11.6 Å². The minimum atomic E-state index is -0.277. The van der Waals surface area contributed by atoms with E-state index in [1.54, 1.807) is 0 Å². The molecule has 0 aromatic heterocycles. The first-order valence-electron chi connectivity index (χ1n) is 5.66. The van der Waals surface area contributed by atoms with Gasteiger partial charge in [0.1, 0.15) is 5.82 Å². The third-order valence-electron chi connectivity index (χ3n) is 2.99. The summed E-state index contributed by atoms with van der Waals surface area (Å²) in [6, 6.07) is 10.9. The molecule has 0 heterocycles. The minimum absolute atomic E-state index is 0.218. The molecule has 0 aliphatic rings. The zero-order chi connectivity index (χ0) is 13.3. The predicted octanol–water partition coefficient (Wildman–Crippen LogP) is 5.53. The van der Waals surface area contributed by atoms with Crippen LogP contribution in [0, 0.1) is 19.7 Å². The number of halogens is 3. The molecule has 0 radical (unpaired) electrons. The summed E-state index contributed by atoms with van der Waals surface area (Å²) in [4.78, 5) is 0. The van der Waals surface area contributed by atoms with E-state index in [1.807, 2.05) is 38.1 Å². The van der Waals surface area contributed by atoms with Crippen molar-refractivity contribution < 1.29 is 4.39 Å². The van der Waals surface area contributed by atoms with Gasteiger partial charge in [0.2, 0.25) is 0 Å². The summed E-state index contributed by atoms with van der Waals surface area (Å²) in [7, 11) is 0. The van der Waals surface area contributed by atoms with Gasteiger partial charge < -0.3 is 0 Å². The minimum Gasteiger partial charge on any atom is -0.207 e. The van der Waals surface area contributed by atoms with Gasteiger partial charge in [0.25, 0.3) is 0 Å². The van der Waals surface area contributed by atoms with E-state index in [0.29, 0.717) is 0 Å². The lowest BCUT2D eigenvalue weighted by molar-refractivity contribution is 0.624. The SMILES string of the molecule is Cc1cc(F)cc(C)c1C(Cl)c1ccccc1Br. The highest BCUT2D eigenvalue weighted by molar-refractivity contribution is 9.10. The average Bonchev–Trinajstić information content (AvgIpc) is 2.27. The van der Waals surface area contributed by atoms with E-state index >= 15 is 0 Å². The van der Waals surface area contributed by atoms with Gasteiger partial charge in [-0.3, -0.25) is 0 Å². The molecule has 0 aliphatic carbocycles. The first kappa shape index (κ1) is 13.6. The molecule has 2 rings (SSSR count). The van der Waals surface area contributed by atoms with Crippen molar-refractivity contribution in [3.8, 4) is 0 Å². The van der Waals surface area contributed by atoms with Crippen LogP contribution in [0.4, 0.5) is 4.39 Å². The third-order valence-corrected chi connectivity index (χ3v) is 4.17. The van der Waals surface area contributed by atoms with Crippen LogP contribution < -0.4 is 0 Å². The Labute approximate surface area is 120 Å². The molecule has 1 atom stereocenters. The van der Waals surface area contributed by atoms with Crippen molar-refractivity contribution in [1.82, 2.24) is 0 Å². The third kappa shape index (κ3) is 2.60. The summed E-state index contributed by atoms with van der Waals surface area (Å²) in [5.41, 5.74) is 3.73. The van der Waals surface area contributed by atoms with Crippen molar-refractivity contribution in [1.29, 1.82) is 0 Å². The van der Waals surface area contributed by atoms with Gasteiger partial charge in [0.05, 0.1) is 5.38 Å². The van der Waals surface area contributed by atoms with E-state index in [9.17, 15) is 4.39 Å². The second kappa shape index (κ2) is 5.41. The van der Waals surface area contributed by atoms with Crippen LogP contribution in [0.1, 0.15) is 27.6 Å². The molecule has 1 unspecified atom stereocenters. The zero-order valence-electron chi connectivity index (χ0n) is 10.2. The van der Waals surface area contributed by atoms with Gasteiger partial charge >= 0.3 is 0 Å². The Bertz CT molecular complexity index is 557. The van der Waals surface area contributed by atoms with Crippen LogP contribution in [0.3, 0.4) is 0 Å². The van der Waals surface area contributed by atoms with Crippen molar-refractivity contribution in [2.24, 2.45) is 0 Å². The van der Waals surface area contributed by atoms with Gasteiger partial charge in [-0.2, -0.15) is 0 Å². The number of hydrogen-bond donors (Lipinski definition) is 0. The maximum Gasteiger partial charge on any atom is 0.123 e. The maximum atomic E-state index is 13.3. The van der Waals surface area contributed by atoms with Crippen molar-refractivity contribution in [2.75, 3.05) is 0 Å². The van der Waals surface area contributed by atoms with Crippen LogP contribution in [0.2, 0.25) is 0 Å². The predicted molar refractivity (Wildman–Crippen MR) is 77.7 cm³/mol. The molecule has 0 aliphatic heterocycles. The molecular weight excluding hydrogens is 315 g/mol. The molecule has 2 aromatic rings. The molecule has 0 amide bonds. The van der Waals surface area contributed by atoms with E-state index in [-0.39, 0.29) is 11.2 Å². The normalized spacial score (nSPS) is 12.5. The molecule has 0 fully saturated rings. The lowest BCUT2D eigenvalue weighted by Crippen LogP contribution is -2.01. The average molecular weight is 328 g/mol. The Kier molecular flexibility index (Phi) is 4.08. The van der Waals surface area contributed by atoms with Gasteiger partial charge in [0.15, 0.2) is 0 Å². The van der Waals surface area contributed by atoms with E-state index in [2.05, 4.69) is 15.9 Å². The second-order valence-electron chi connectivity index (χ2n) is 4.34. The molecule has 0 bridgehead atoms. The molecule has 18 heavy (non-hydrogen) atoms. The van der Waals surface area contributed by atoms with Crippen LogP contribution in [-0.4, -0.2) is 0 Å². The van der Waals surface area contributed by atoms with Gasteiger partial charge in [-0.05, 0) is 54.3 Å². The highest BCUT2D eigenvalue weighted by atomic mass is 79.9. The van der Waals surface area contributed by atoms with E-state index in [4.69, 9.17) is 11.6 Å². The van der Waals surface area contributed by atoms with Crippen molar-refractivity contribution in [3.05, 3.63) is 68.9 Å². The maximum absolute atomic E-state index is 13.3. The summed E-state index contributed by atoms with van der Waals surface area (Å²) in [5, 5.41) is -0.277. The molecule has 0 nitrogen and oxygen atoms in total. The van der Waals surface area contributed by atoms with Gasteiger partial charge in [0, 0.05) is 4.47 Å². The standard InChI is InChI=1S/C15H13BrClF/c1-9-7-11(18)8-10(2)14(9)15(17)12-5-3-4-6-13(12)16/h3-8,15H,1-2H3. The van der Waals surface area contributed by atoms with Crippen LogP contribution >= 0.6 is 27.5 Å². The Morgan fingerprint density at radius 3 is 2.22 bits per heavy atom. The number of benzene rings is 2. The summed E-state index contributed by atoms with van der Waals surface area (Å²) < 4.78 is 14.3. The first-order chi connectivity index (χ1) is 8.50. The van der Waals surface area contributed by atoms with Crippen molar-refractivity contribution in [3.63, 3.8) is 0 Å². The number of hydrogen-bond acceptors (Lipinski definition) is 0. The summed E-state index contributed by atoms with van der Waals surface area (Å²) in [6.45, 7) is 3.77. The fourth-order valence-corrected chi connectivity index (χ4v) is 3.34. The van der Waals surface area contributed by atoms with Crippen LogP contribution in [0.25, 0.3) is 0 Å². The summed E-state index contributed by atoms with van der Waals surface area (Å²) >= 11 is 10.0. The number of alkyl halides is 1. The molecule has 94 valence electrons. The van der Waals surface area contributed by atoms with E-state index < -0.39 is 0 Å². The molecule has 2 aromatic carbocycles. The fourth-order valence-electron chi connectivity index (χ4n) is 2.16. The highest BCUT2D eigenvalue weighted by Crippen LogP contribution is 2.37. The van der Waals surface area contributed by atoms with E-state index in [0.717, 1.165) is 26.7 Å². The smallest absolute Gasteiger partial charge is 0.123 e. The van der Waals surface area contributed by atoms with Crippen LogP contribution in [0.15, 0.2) is 40.9 Å². The number of aryl methyl sites for hydroxylation is 2. The van der Waals surface area contributed by atoms with Crippen LogP contribution in [0.5, 0.6) is 0 Å². The number of rotatable bonds is 2. The first-order valence-corrected chi connectivity index (χ1v) is 6.89. The molecule has 0 saturated heterocycles. The van der Waals surface area contributed by atoms with Crippen molar-refractivity contribution >= 4 is 27.5 Å². The highest BCUT2D eigenvalue weighted by Gasteiger charge is 2.18. The van der Waals surface area contributed by atoms with Crippen LogP contribution in [-0.2, 0) is 0 Å². The second-order valence-corrected chi connectivity index (χ2v) is 5.63. The van der Waals surface area contributed by atoms with Crippen molar-refractivity contribution in [2.45, 2.75) is 19.2 Å². The largest absolute Gasteiger partial charge is 0.207 e. The van der Waals surface area contributed by atoms with Gasteiger partial charge in [-0.1, -0.05) is 34.1 Å². The van der Waals surface area contributed by atoms with Gasteiger partial charge in [-0.25, -0.2) is 4.39 Å². The summed E-state index contributed by atoms with van der Waals surface area (Å²) in [5.74, 6) is -0.218. The quantitative estimate of drug-likeness (QED) is 0.636. The topological polar surface area (TPSA) is 0 Å². The Morgan fingerprint density at radius 1 is 1.11 bits per heavy atom. The monoisotopic (exact) mass is 326 g/mol. The molecule has 3 heteroatoms. The fraction of sp³-hybridized carbons (Fsp3) is 0.200. The van der Waals surface area contributed by atoms with E-state index in [1.165, 1.54) is 12.1 Å². The summed E-state index contributed by atoms with van der Waals surface area (Å²) in [6.07, 6.45) is 0. The Hall–Kier alpha value is -0.860. The molecule has 0 spiro atoms.